The van der Waals surface area contributed by atoms with Gasteiger partial charge in [-0.05, 0) is 32.7 Å². The highest BCUT2D eigenvalue weighted by Crippen LogP contribution is 2.16. The minimum atomic E-state index is 0.506. The maximum absolute atomic E-state index is 4.24. The number of anilines is 1. The Morgan fingerprint density at radius 1 is 1.67 bits per heavy atom. The SMILES string of the molecule is CC(CC1CCCCN1)Nc1nccs1. The smallest absolute Gasteiger partial charge is 0.182 e. The van der Waals surface area contributed by atoms with Gasteiger partial charge in [-0.3, -0.25) is 0 Å². The van der Waals surface area contributed by atoms with Crippen molar-refractivity contribution in [1.29, 1.82) is 0 Å². The summed E-state index contributed by atoms with van der Waals surface area (Å²) in [6.07, 6.45) is 7.08. The first-order valence-corrected chi connectivity index (χ1v) is 6.62. The van der Waals surface area contributed by atoms with Crippen LogP contribution in [0.1, 0.15) is 32.6 Å². The summed E-state index contributed by atoms with van der Waals surface area (Å²) in [5.74, 6) is 0. The second kappa shape index (κ2) is 5.47. The predicted molar refractivity (Wildman–Crippen MR) is 65.5 cm³/mol. The predicted octanol–water partition coefficient (Wildman–Crippen LogP) is 2.48. The number of nitrogens with one attached hydrogen (secondary N) is 2. The number of piperidine rings is 1. The fourth-order valence-corrected chi connectivity index (χ4v) is 2.76. The van der Waals surface area contributed by atoms with Crippen molar-refractivity contribution in [3.05, 3.63) is 11.6 Å². The maximum Gasteiger partial charge on any atom is 0.182 e. The molecule has 4 heteroatoms. The molecule has 2 atom stereocenters. The van der Waals surface area contributed by atoms with Crippen molar-refractivity contribution in [3.8, 4) is 0 Å². The monoisotopic (exact) mass is 225 g/mol. The first-order valence-electron chi connectivity index (χ1n) is 5.74. The van der Waals surface area contributed by atoms with E-state index in [1.54, 1.807) is 11.3 Å². The lowest BCUT2D eigenvalue weighted by Gasteiger charge is -2.26. The largest absolute Gasteiger partial charge is 0.359 e. The van der Waals surface area contributed by atoms with E-state index in [4.69, 9.17) is 0 Å². The van der Waals surface area contributed by atoms with E-state index in [2.05, 4.69) is 22.5 Å². The molecular formula is C11H19N3S. The van der Waals surface area contributed by atoms with Crippen LogP contribution in [-0.4, -0.2) is 23.6 Å². The van der Waals surface area contributed by atoms with Crippen LogP contribution in [0, 0.1) is 0 Å². The van der Waals surface area contributed by atoms with E-state index in [-0.39, 0.29) is 0 Å². The van der Waals surface area contributed by atoms with Crippen LogP contribution in [0.5, 0.6) is 0 Å². The Labute approximate surface area is 95.3 Å². The van der Waals surface area contributed by atoms with E-state index in [0.29, 0.717) is 12.1 Å². The van der Waals surface area contributed by atoms with Gasteiger partial charge in [-0.2, -0.15) is 0 Å². The third-order valence-corrected chi connectivity index (χ3v) is 3.56. The molecule has 0 aliphatic carbocycles. The van der Waals surface area contributed by atoms with Crippen LogP contribution < -0.4 is 10.6 Å². The average Bonchev–Trinajstić information content (AvgIpc) is 2.71. The molecule has 2 heterocycles. The van der Waals surface area contributed by atoms with Crippen LogP contribution in [0.2, 0.25) is 0 Å². The Morgan fingerprint density at radius 3 is 3.27 bits per heavy atom. The van der Waals surface area contributed by atoms with E-state index in [0.717, 1.165) is 5.13 Å². The molecule has 1 aromatic rings. The van der Waals surface area contributed by atoms with E-state index in [1.165, 1.54) is 32.2 Å². The average molecular weight is 225 g/mol. The molecule has 0 spiro atoms. The molecule has 2 rings (SSSR count). The number of nitrogens with zero attached hydrogens (tertiary/aromatic N) is 1. The molecule has 0 aromatic carbocycles. The van der Waals surface area contributed by atoms with E-state index in [1.807, 2.05) is 11.6 Å². The van der Waals surface area contributed by atoms with Gasteiger partial charge in [-0.15, -0.1) is 11.3 Å². The lowest BCUT2D eigenvalue weighted by Crippen LogP contribution is -2.37. The number of thiazole rings is 1. The summed E-state index contributed by atoms with van der Waals surface area (Å²) < 4.78 is 0. The molecule has 1 fully saturated rings. The number of hydrogen-bond acceptors (Lipinski definition) is 4. The first-order chi connectivity index (χ1) is 7.34. The fraction of sp³-hybridized carbons (Fsp3) is 0.727. The Hall–Kier alpha value is -0.610. The molecule has 84 valence electrons. The number of rotatable bonds is 4. The molecule has 2 unspecified atom stereocenters. The fourth-order valence-electron chi connectivity index (χ4n) is 2.12. The molecule has 1 aliphatic heterocycles. The van der Waals surface area contributed by atoms with Gasteiger partial charge in [0.15, 0.2) is 5.13 Å². The standard InChI is InChI=1S/C11H19N3S/c1-9(14-11-13-6-7-15-11)8-10-4-2-3-5-12-10/h6-7,9-10,12H,2-5,8H2,1H3,(H,13,14). The van der Waals surface area contributed by atoms with Gasteiger partial charge in [0.2, 0.25) is 0 Å². The normalized spacial score (nSPS) is 23.7. The maximum atomic E-state index is 4.24. The van der Waals surface area contributed by atoms with E-state index < -0.39 is 0 Å². The lowest BCUT2D eigenvalue weighted by atomic mass is 9.99. The van der Waals surface area contributed by atoms with Crippen molar-refractivity contribution < 1.29 is 0 Å². The Morgan fingerprint density at radius 2 is 2.60 bits per heavy atom. The number of aromatic nitrogens is 1. The molecule has 1 aromatic heterocycles. The van der Waals surface area contributed by atoms with Gasteiger partial charge in [0, 0.05) is 23.7 Å². The third kappa shape index (κ3) is 3.47. The van der Waals surface area contributed by atoms with Crippen molar-refractivity contribution in [2.45, 2.75) is 44.7 Å². The number of hydrogen-bond donors (Lipinski definition) is 2. The summed E-state index contributed by atoms with van der Waals surface area (Å²) in [6, 6.07) is 1.20. The Balaban J connectivity index is 1.74. The summed E-state index contributed by atoms with van der Waals surface area (Å²) >= 11 is 1.67. The molecule has 0 radical (unpaired) electrons. The van der Waals surface area contributed by atoms with Gasteiger partial charge < -0.3 is 10.6 Å². The van der Waals surface area contributed by atoms with Gasteiger partial charge in [0.05, 0.1) is 0 Å². The van der Waals surface area contributed by atoms with Crippen molar-refractivity contribution >= 4 is 16.5 Å². The van der Waals surface area contributed by atoms with Crippen molar-refractivity contribution in [2.75, 3.05) is 11.9 Å². The zero-order valence-corrected chi connectivity index (χ0v) is 10.0. The summed E-state index contributed by atoms with van der Waals surface area (Å²) in [7, 11) is 0. The zero-order valence-electron chi connectivity index (χ0n) is 9.20. The van der Waals surface area contributed by atoms with Gasteiger partial charge in [0.1, 0.15) is 0 Å². The third-order valence-electron chi connectivity index (χ3n) is 2.85. The summed E-state index contributed by atoms with van der Waals surface area (Å²) in [6.45, 7) is 3.42. The molecule has 0 saturated carbocycles. The van der Waals surface area contributed by atoms with Crippen molar-refractivity contribution in [2.24, 2.45) is 0 Å². The quantitative estimate of drug-likeness (QED) is 0.826. The summed E-state index contributed by atoms with van der Waals surface area (Å²) in [5.41, 5.74) is 0. The Kier molecular flexibility index (Phi) is 3.97. The van der Waals surface area contributed by atoms with Crippen LogP contribution in [0.4, 0.5) is 5.13 Å². The Bertz CT molecular complexity index is 267. The zero-order chi connectivity index (χ0) is 10.5. The second-order valence-electron chi connectivity index (χ2n) is 4.27. The van der Waals surface area contributed by atoms with Gasteiger partial charge in [-0.25, -0.2) is 4.98 Å². The van der Waals surface area contributed by atoms with Gasteiger partial charge in [-0.1, -0.05) is 6.42 Å². The highest BCUT2D eigenvalue weighted by atomic mass is 32.1. The molecule has 15 heavy (non-hydrogen) atoms. The van der Waals surface area contributed by atoms with Crippen molar-refractivity contribution in [1.82, 2.24) is 10.3 Å². The lowest BCUT2D eigenvalue weighted by molar-refractivity contribution is 0.371. The molecule has 0 amide bonds. The molecular weight excluding hydrogens is 206 g/mol. The first kappa shape index (κ1) is 10.9. The highest BCUT2D eigenvalue weighted by Gasteiger charge is 2.15. The molecule has 3 nitrogen and oxygen atoms in total. The van der Waals surface area contributed by atoms with E-state index >= 15 is 0 Å². The molecule has 1 aliphatic rings. The van der Waals surface area contributed by atoms with E-state index in [9.17, 15) is 0 Å². The van der Waals surface area contributed by atoms with Crippen LogP contribution in [0.25, 0.3) is 0 Å². The van der Waals surface area contributed by atoms with Crippen LogP contribution >= 0.6 is 11.3 Å². The van der Waals surface area contributed by atoms with Crippen LogP contribution in [-0.2, 0) is 0 Å². The minimum absolute atomic E-state index is 0.506. The summed E-state index contributed by atoms with van der Waals surface area (Å²) in [5, 5.41) is 10.1. The molecule has 2 N–H and O–H groups in total. The summed E-state index contributed by atoms with van der Waals surface area (Å²) in [4.78, 5) is 4.24. The minimum Gasteiger partial charge on any atom is -0.359 e. The van der Waals surface area contributed by atoms with Crippen LogP contribution in [0.3, 0.4) is 0 Å². The van der Waals surface area contributed by atoms with Crippen LogP contribution in [0.15, 0.2) is 11.6 Å². The van der Waals surface area contributed by atoms with Crippen molar-refractivity contribution in [3.63, 3.8) is 0 Å². The highest BCUT2D eigenvalue weighted by molar-refractivity contribution is 7.13. The molecule has 1 saturated heterocycles. The topological polar surface area (TPSA) is 37.0 Å². The molecule has 0 bridgehead atoms. The van der Waals surface area contributed by atoms with Gasteiger partial charge >= 0.3 is 0 Å². The second-order valence-corrected chi connectivity index (χ2v) is 5.16. The van der Waals surface area contributed by atoms with Gasteiger partial charge in [0.25, 0.3) is 0 Å².